The number of rotatable bonds is 2. The molecule has 0 aromatic heterocycles. The summed E-state index contributed by atoms with van der Waals surface area (Å²) in [6, 6.07) is 2.49. The van der Waals surface area contributed by atoms with E-state index in [2.05, 4.69) is 13.0 Å². The minimum absolute atomic E-state index is 0.521. The number of hydrogen-bond acceptors (Lipinski definition) is 3. The largest absolute Gasteiger partial charge is 0.388 e. The number of nitrogens with zero attached hydrogens (tertiary/aromatic N) is 1. The average Bonchev–Trinajstić information content (AvgIpc) is 2.65. The predicted octanol–water partition coefficient (Wildman–Crippen LogP) is 3.03. The summed E-state index contributed by atoms with van der Waals surface area (Å²) in [4.78, 5) is 0. The molecular formula is C15H25NO2. The van der Waals surface area contributed by atoms with Crippen molar-refractivity contribution in [3.8, 4) is 6.07 Å². The molecule has 1 unspecified atom stereocenters. The molecule has 0 radical (unpaired) electrons. The molecule has 0 bridgehead atoms. The summed E-state index contributed by atoms with van der Waals surface area (Å²) in [5.41, 5.74) is -1.34. The highest BCUT2D eigenvalue weighted by Gasteiger charge is 2.51. The molecule has 2 rings (SSSR count). The fraction of sp³-hybridized carbons (Fsp3) is 0.933. The first-order chi connectivity index (χ1) is 8.66. The maximum atomic E-state index is 11.0. The highest BCUT2D eigenvalue weighted by molar-refractivity contribution is 5.13. The van der Waals surface area contributed by atoms with Gasteiger partial charge in [0.1, 0.15) is 0 Å². The molecule has 102 valence electrons. The van der Waals surface area contributed by atoms with Crippen LogP contribution in [-0.2, 0) is 4.74 Å². The zero-order valence-electron chi connectivity index (χ0n) is 11.5. The molecule has 1 aliphatic carbocycles. The van der Waals surface area contributed by atoms with E-state index >= 15 is 0 Å². The van der Waals surface area contributed by atoms with E-state index in [9.17, 15) is 10.4 Å². The van der Waals surface area contributed by atoms with E-state index in [4.69, 9.17) is 4.74 Å². The van der Waals surface area contributed by atoms with Crippen molar-refractivity contribution < 1.29 is 9.84 Å². The number of nitriles is 1. The lowest BCUT2D eigenvalue weighted by Crippen LogP contribution is -2.49. The monoisotopic (exact) mass is 251 g/mol. The van der Waals surface area contributed by atoms with Crippen molar-refractivity contribution >= 4 is 0 Å². The summed E-state index contributed by atoms with van der Waals surface area (Å²) in [7, 11) is 0. The lowest BCUT2D eigenvalue weighted by Gasteiger charge is -2.46. The minimum atomic E-state index is -0.822. The molecule has 1 saturated carbocycles. The Kier molecular flexibility index (Phi) is 4.29. The van der Waals surface area contributed by atoms with Crippen LogP contribution in [0.15, 0.2) is 0 Å². The molecule has 1 heterocycles. The maximum Gasteiger partial charge on any atom is 0.0861 e. The van der Waals surface area contributed by atoms with Gasteiger partial charge in [0.15, 0.2) is 0 Å². The second-order valence-electron chi connectivity index (χ2n) is 6.04. The lowest BCUT2D eigenvalue weighted by atomic mass is 9.60. The molecule has 1 saturated heterocycles. The van der Waals surface area contributed by atoms with Crippen LogP contribution in [0.4, 0.5) is 0 Å². The van der Waals surface area contributed by atoms with Gasteiger partial charge in [-0.25, -0.2) is 0 Å². The SMILES string of the molecule is CCC1CCC(C#N)(C2(O)CCCOCC2)CC1. The van der Waals surface area contributed by atoms with E-state index in [-0.39, 0.29) is 0 Å². The molecule has 0 aromatic carbocycles. The Bertz CT molecular complexity index is 305. The topological polar surface area (TPSA) is 53.2 Å². The third-order valence-corrected chi connectivity index (χ3v) is 5.18. The smallest absolute Gasteiger partial charge is 0.0861 e. The zero-order chi connectivity index (χ0) is 13.1. The second-order valence-corrected chi connectivity index (χ2v) is 6.04. The summed E-state index contributed by atoms with van der Waals surface area (Å²) in [5, 5.41) is 20.6. The normalized spacial score (nSPS) is 41.9. The Morgan fingerprint density at radius 1 is 1.22 bits per heavy atom. The van der Waals surface area contributed by atoms with Gasteiger partial charge in [-0.05, 0) is 44.4 Å². The Labute approximate surface area is 110 Å². The zero-order valence-corrected chi connectivity index (χ0v) is 11.5. The van der Waals surface area contributed by atoms with Crippen LogP contribution in [0.1, 0.15) is 58.3 Å². The Balaban J connectivity index is 2.14. The Morgan fingerprint density at radius 2 is 1.94 bits per heavy atom. The van der Waals surface area contributed by atoms with Crippen molar-refractivity contribution in [3.05, 3.63) is 0 Å². The first-order valence-electron chi connectivity index (χ1n) is 7.37. The Hall–Kier alpha value is -0.590. The Morgan fingerprint density at radius 3 is 2.56 bits per heavy atom. The lowest BCUT2D eigenvalue weighted by molar-refractivity contribution is -0.0902. The predicted molar refractivity (Wildman–Crippen MR) is 69.9 cm³/mol. The molecule has 3 nitrogen and oxygen atoms in total. The maximum absolute atomic E-state index is 11.0. The van der Waals surface area contributed by atoms with E-state index in [1.165, 1.54) is 6.42 Å². The van der Waals surface area contributed by atoms with Crippen LogP contribution in [0.3, 0.4) is 0 Å². The van der Waals surface area contributed by atoms with Crippen molar-refractivity contribution in [2.45, 2.75) is 63.9 Å². The summed E-state index contributed by atoms with van der Waals surface area (Å²) in [5.74, 6) is 0.747. The van der Waals surface area contributed by atoms with Gasteiger partial charge in [0.05, 0.1) is 17.1 Å². The quantitative estimate of drug-likeness (QED) is 0.820. The molecule has 3 heteroatoms. The first-order valence-corrected chi connectivity index (χ1v) is 7.37. The van der Waals surface area contributed by atoms with Crippen LogP contribution < -0.4 is 0 Å². The number of hydrogen-bond donors (Lipinski definition) is 1. The van der Waals surface area contributed by atoms with E-state index in [1.807, 2.05) is 0 Å². The van der Waals surface area contributed by atoms with Gasteiger partial charge in [-0.1, -0.05) is 13.3 Å². The molecule has 2 aliphatic rings. The van der Waals surface area contributed by atoms with Crippen molar-refractivity contribution in [2.24, 2.45) is 11.3 Å². The van der Waals surface area contributed by atoms with Gasteiger partial charge in [-0.2, -0.15) is 5.26 Å². The summed E-state index contributed by atoms with van der Waals surface area (Å²) >= 11 is 0. The standard InChI is InChI=1S/C15H25NO2/c1-2-13-4-7-14(12-16,8-5-13)15(17)6-3-10-18-11-9-15/h13,17H,2-11H2,1H3. The van der Waals surface area contributed by atoms with Gasteiger partial charge in [-0.3, -0.25) is 0 Å². The molecule has 18 heavy (non-hydrogen) atoms. The average molecular weight is 251 g/mol. The van der Waals surface area contributed by atoms with E-state index in [1.54, 1.807) is 0 Å². The van der Waals surface area contributed by atoms with Crippen LogP contribution in [0.2, 0.25) is 0 Å². The number of ether oxygens (including phenoxy) is 1. The summed E-state index contributed by atoms with van der Waals surface area (Å²) < 4.78 is 5.44. The van der Waals surface area contributed by atoms with Crippen LogP contribution in [0, 0.1) is 22.7 Å². The molecule has 1 N–H and O–H groups in total. The van der Waals surface area contributed by atoms with Gasteiger partial charge >= 0.3 is 0 Å². The molecule has 0 spiro atoms. The molecule has 1 aliphatic heterocycles. The summed E-state index contributed by atoms with van der Waals surface area (Å²) in [6.45, 7) is 3.54. The van der Waals surface area contributed by atoms with Crippen LogP contribution in [0.25, 0.3) is 0 Å². The van der Waals surface area contributed by atoms with E-state index < -0.39 is 11.0 Å². The highest BCUT2D eigenvalue weighted by atomic mass is 16.5. The molecule has 2 fully saturated rings. The highest BCUT2D eigenvalue weighted by Crippen LogP contribution is 2.50. The minimum Gasteiger partial charge on any atom is -0.388 e. The third kappa shape index (κ3) is 2.41. The number of aliphatic hydroxyl groups is 1. The fourth-order valence-electron chi connectivity index (χ4n) is 3.67. The van der Waals surface area contributed by atoms with Crippen molar-refractivity contribution in [1.29, 1.82) is 5.26 Å². The van der Waals surface area contributed by atoms with Crippen LogP contribution >= 0.6 is 0 Å². The van der Waals surface area contributed by atoms with Gasteiger partial charge in [0, 0.05) is 19.6 Å². The third-order valence-electron chi connectivity index (χ3n) is 5.18. The van der Waals surface area contributed by atoms with E-state index in [0.717, 1.165) is 51.0 Å². The summed E-state index contributed by atoms with van der Waals surface area (Å²) in [6.07, 6.45) is 7.31. The van der Waals surface area contributed by atoms with Crippen LogP contribution in [-0.4, -0.2) is 23.9 Å². The van der Waals surface area contributed by atoms with Gasteiger partial charge in [0.25, 0.3) is 0 Å². The van der Waals surface area contributed by atoms with Crippen LogP contribution in [0.5, 0.6) is 0 Å². The van der Waals surface area contributed by atoms with Crippen molar-refractivity contribution in [3.63, 3.8) is 0 Å². The fourth-order valence-corrected chi connectivity index (χ4v) is 3.67. The molecule has 0 amide bonds. The molecular weight excluding hydrogens is 226 g/mol. The van der Waals surface area contributed by atoms with Gasteiger partial charge in [-0.15, -0.1) is 0 Å². The van der Waals surface area contributed by atoms with E-state index in [0.29, 0.717) is 13.0 Å². The van der Waals surface area contributed by atoms with Gasteiger partial charge < -0.3 is 9.84 Å². The first kappa shape index (κ1) is 13.8. The molecule has 0 aromatic rings. The van der Waals surface area contributed by atoms with Crippen molar-refractivity contribution in [1.82, 2.24) is 0 Å². The van der Waals surface area contributed by atoms with Crippen molar-refractivity contribution in [2.75, 3.05) is 13.2 Å². The van der Waals surface area contributed by atoms with Gasteiger partial charge in [0.2, 0.25) is 0 Å². The second kappa shape index (κ2) is 5.59. The molecule has 1 atom stereocenters.